The highest BCUT2D eigenvalue weighted by Gasteiger charge is 2.54. The lowest BCUT2D eigenvalue weighted by atomic mass is 10.1. The molecule has 0 bridgehead atoms. The molecule has 0 unspecified atom stereocenters. The summed E-state index contributed by atoms with van der Waals surface area (Å²) in [4.78, 5) is 0. The second kappa shape index (κ2) is 3.75. The molecule has 0 saturated heterocycles. The highest BCUT2D eigenvalue weighted by Crippen LogP contribution is 2.44. The number of rotatable bonds is 3. The van der Waals surface area contributed by atoms with Crippen molar-refractivity contribution in [3.63, 3.8) is 0 Å². The Hall–Kier alpha value is -1.07. The molecule has 1 aliphatic carbocycles. The zero-order chi connectivity index (χ0) is 11.9. The maximum absolute atomic E-state index is 11.4. The molecule has 1 aromatic rings. The third kappa shape index (κ3) is 1.92. The van der Waals surface area contributed by atoms with Gasteiger partial charge in [0.25, 0.3) is 0 Å². The van der Waals surface area contributed by atoms with Crippen LogP contribution in [0.1, 0.15) is 11.5 Å². The van der Waals surface area contributed by atoms with E-state index in [4.69, 9.17) is 10.5 Å². The van der Waals surface area contributed by atoms with Crippen molar-refractivity contribution < 1.29 is 13.2 Å². The molecule has 1 saturated carbocycles. The lowest BCUT2D eigenvalue weighted by molar-refractivity contribution is 0.414. The van der Waals surface area contributed by atoms with Crippen molar-refractivity contribution >= 4 is 9.84 Å². The molecule has 1 aromatic carbocycles. The summed E-state index contributed by atoms with van der Waals surface area (Å²) in [6.45, 7) is 0. The number of ether oxygens (including phenoxy) is 1. The van der Waals surface area contributed by atoms with Gasteiger partial charge in [0, 0.05) is 18.2 Å². The number of hydrogen-bond donors (Lipinski definition) is 1. The van der Waals surface area contributed by atoms with Crippen LogP contribution in [0.4, 0.5) is 0 Å². The van der Waals surface area contributed by atoms with Crippen molar-refractivity contribution in [2.45, 2.75) is 17.2 Å². The van der Waals surface area contributed by atoms with Crippen LogP contribution in [0.15, 0.2) is 24.3 Å². The fourth-order valence-electron chi connectivity index (χ4n) is 2.10. The Bertz CT molecular complexity index is 480. The first-order valence-corrected chi connectivity index (χ1v) is 6.99. The molecular weight excluding hydrogens is 226 g/mol. The molecular formula is C11H15NO3S. The molecule has 0 amide bonds. The second-order valence-corrected chi connectivity index (χ2v) is 6.37. The summed E-state index contributed by atoms with van der Waals surface area (Å²) in [5.74, 6) is 0.690. The van der Waals surface area contributed by atoms with Gasteiger partial charge in [-0.2, -0.15) is 0 Å². The van der Waals surface area contributed by atoms with Gasteiger partial charge in [-0.05, 0) is 17.7 Å². The van der Waals surface area contributed by atoms with Crippen molar-refractivity contribution in [2.24, 2.45) is 5.73 Å². The van der Waals surface area contributed by atoms with Crippen molar-refractivity contribution in [1.82, 2.24) is 0 Å². The fraction of sp³-hybridized carbons (Fsp3) is 0.455. The molecule has 0 aliphatic heterocycles. The smallest absolute Gasteiger partial charge is 0.152 e. The first-order chi connectivity index (χ1) is 7.45. The number of sulfone groups is 1. The molecule has 1 fully saturated rings. The first-order valence-electron chi connectivity index (χ1n) is 5.03. The predicted octanol–water partition coefficient (Wildman–Crippen LogP) is 0.533. The van der Waals surface area contributed by atoms with E-state index in [0.717, 1.165) is 11.3 Å². The van der Waals surface area contributed by atoms with Gasteiger partial charge in [-0.25, -0.2) is 8.42 Å². The predicted molar refractivity (Wildman–Crippen MR) is 62.3 cm³/mol. The van der Waals surface area contributed by atoms with Gasteiger partial charge in [0.15, 0.2) is 9.84 Å². The Morgan fingerprint density at radius 2 is 1.81 bits per heavy atom. The van der Waals surface area contributed by atoms with Crippen molar-refractivity contribution in [2.75, 3.05) is 13.4 Å². The molecule has 2 N–H and O–H groups in total. The lowest BCUT2D eigenvalue weighted by Gasteiger charge is -2.02. The van der Waals surface area contributed by atoms with Crippen LogP contribution in [0, 0.1) is 0 Å². The second-order valence-electron chi connectivity index (χ2n) is 4.17. The van der Waals surface area contributed by atoms with Gasteiger partial charge in [0.05, 0.1) is 12.4 Å². The van der Waals surface area contributed by atoms with E-state index in [1.165, 1.54) is 6.26 Å². The normalized spacial score (nSPS) is 28.8. The van der Waals surface area contributed by atoms with Gasteiger partial charge < -0.3 is 10.5 Å². The van der Waals surface area contributed by atoms with Crippen molar-refractivity contribution in [1.29, 1.82) is 0 Å². The highest BCUT2D eigenvalue weighted by molar-refractivity contribution is 7.91. The van der Waals surface area contributed by atoms with Crippen LogP contribution in [0.25, 0.3) is 0 Å². The lowest BCUT2D eigenvalue weighted by Crippen LogP contribution is -2.13. The van der Waals surface area contributed by atoms with Crippen LogP contribution in [-0.2, 0) is 9.84 Å². The van der Waals surface area contributed by atoms with Gasteiger partial charge >= 0.3 is 0 Å². The van der Waals surface area contributed by atoms with Crippen LogP contribution < -0.4 is 10.5 Å². The molecule has 0 aromatic heterocycles. The van der Waals surface area contributed by atoms with Crippen LogP contribution in [-0.4, -0.2) is 33.1 Å². The Kier molecular flexibility index (Phi) is 2.67. The molecule has 2 rings (SSSR count). The Morgan fingerprint density at radius 1 is 1.25 bits per heavy atom. The quantitative estimate of drug-likeness (QED) is 0.838. The Balaban J connectivity index is 2.21. The molecule has 16 heavy (non-hydrogen) atoms. The summed E-state index contributed by atoms with van der Waals surface area (Å²) in [5, 5.41) is -0.430. The van der Waals surface area contributed by atoms with Gasteiger partial charge in [-0.3, -0.25) is 0 Å². The molecule has 0 radical (unpaired) electrons. The average molecular weight is 241 g/mol. The molecule has 5 heteroatoms. The monoisotopic (exact) mass is 241 g/mol. The Labute approximate surface area is 95.3 Å². The zero-order valence-electron chi connectivity index (χ0n) is 9.25. The minimum Gasteiger partial charge on any atom is -0.497 e. The summed E-state index contributed by atoms with van der Waals surface area (Å²) in [7, 11) is -1.45. The summed E-state index contributed by atoms with van der Waals surface area (Å²) in [5.41, 5.74) is 6.75. The van der Waals surface area contributed by atoms with E-state index in [1.807, 2.05) is 24.3 Å². The van der Waals surface area contributed by atoms with Gasteiger partial charge in [0.1, 0.15) is 5.75 Å². The van der Waals surface area contributed by atoms with Gasteiger partial charge in [-0.1, -0.05) is 12.1 Å². The fourth-order valence-corrected chi connectivity index (χ4v) is 3.62. The molecule has 0 heterocycles. The van der Waals surface area contributed by atoms with E-state index in [0.29, 0.717) is 0 Å². The average Bonchev–Trinajstić information content (AvgIpc) is 2.90. The van der Waals surface area contributed by atoms with Crippen LogP contribution in [0.2, 0.25) is 0 Å². The van der Waals surface area contributed by atoms with E-state index < -0.39 is 15.1 Å². The summed E-state index contributed by atoms with van der Waals surface area (Å²) in [6.07, 6.45) is 1.24. The van der Waals surface area contributed by atoms with E-state index in [1.54, 1.807) is 7.11 Å². The highest BCUT2D eigenvalue weighted by atomic mass is 32.2. The maximum Gasteiger partial charge on any atom is 0.152 e. The standard InChI is InChI=1S/C11H15NO3S/c1-15-8-5-3-7(4-6-8)9-10(12)11(9)16(2,13)14/h3-6,9-11H,12H2,1-2H3/t9-,10+,11+/m0/s1. The van der Waals surface area contributed by atoms with Gasteiger partial charge in [0.2, 0.25) is 0 Å². The first kappa shape index (κ1) is 11.4. The number of hydrogen-bond acceptors (Lipinski definition) is 4. The van der Waals surface area contributed by atoms with E-state index in [-0.39, 0.29) is 12.0 Å². The van der Waals surface area contributed by atoms with Crippen LogP contribution in [0.5, 0.6) is 5.75 Å². The maximum atomic E-state index is 11.4. The summed E-state index contributed by atoms with van der Waals surface area (Å²) >= 11 is 0. The van der Waals surface area contributed by atoms with Crippen LogP contribution >= 0.6 is 0 Å². The largest absolute Gasteiger partial charge is 0.497 e. The summed E-state index contributed by atoms with van der Waals surface area (Å²) in [6, 6.07) is 7.10. The Morgan fingerprint density at radius 3 is 2.19 bits per heavy atom. The minimum atomic E-state index is -3.05. The minimum absolute atomic E-state index is 0.0686. The molecule has 4 nitrogen and oxygen atoms in total. The van der Waals surface area contributed by atoms with E-state index in [2.05, 4.69) is 0 Å². The molecule has 1 aliphatic rings. The zero-order valence-corrected chi connectivity index (χ0v) is 10.1. The van der Waals surface area contributed by atoms with Crippen molar-refractivity contribution in [3.8, 4) is 5.75 Å². The molecule has 0 spiro atoms. The third-order valence-electron chi connectivity index (χ3n) is 3.00. The molecule has 3 atom stereocenters. The summed E-state index contributed by atoms with van der Waals surface area (Å²) < 4.78 is 27.9. The van der Waals surface area contributed by atoms with Crippen LogP contribution in [0.3, 0.4) is 0 Å². The van der Waals surface area contributed by atoms with E-state index in [9.17, 15) is 8.42 Å². The third-order valence-corrected chi connectivity index (χ3v) is 4.60. The number of benzene rings is 1. The van der Waals surface area contributed by atoms with Crippen molar-refractivity contribution in [3.05, 3.63) is 29.8 Å². The van der Waals surface area contributed by atoms with Gasteiger partial charge in [-0.15, -0.1) is 0 Å². The SMILES string of the molecule is COc1ccc([C@H]2[C@@H](N)[C@@H]2S(C)(=O)=O)cc1. The van der Waals surface area contributed by atoms with E-state index >= 15 is 0 Å². The molecule has 88 valence electrons. The number of methoxy groups -OCH3 is 1. The number of nitrogens with two attached hydrogens (primary N) is 1. The topological polar surface area (TPSA) is 69.4 Å².